The largest absolute Gasteiger partial charge is 0.475 e. The van der Waals surface area contributed by atoms with E-state index in [1.807, 2.05) is 42.5 Å². The second-order valence-corrected chi connectivity index (χ2v) is 5.87. The molecule has 0 saturated heterocycles. The zero-order valence-electron chi connectivity index (χ0n) is 14.1. The lowest BCUT2D eigenvalue weighted by Gasteiger charge is -2.05. The molecule has 6 nitrogen and oxygen atoms in total. The van der Waals surface area contributed by atoms with Crippen molar-refractivity contribution < 1.29 is 14.7 Å². The molecule has 0 fully saturated rings. The average Bonchev–Trinajstić information content (AvgIpc) is 3.11. The molecule has 0 aliphatic carbocycles. The van der Waals surface area contributed by atoms with E-state index in [2.05, 4.69) is 29.0 Å². The first-order valence-corrected chi connectivity index (χ1v) is 8.21. The van der Waals surface area contributed by atoms with E-state index in [0.29, 0.717) is 17.6 Å². The van der Waals surface area contributed by atoms with Gasteiger partial charge >= 0.3 is 6.03 Å². The Bertz CT molecular complexity index is 869. The molecule has 0 unspecified atom stereocenters. The van der Waals surface area contributed by atoms with Gasteiger partial charge in [0.05, 0.1) is 6.04 Å². The van der Waals surface area contributed by atoms with Gasteiger partial charge in [-0.25, -0.2) is 9.79 Å². The number of ether oxygens (including phenoxy) is 1. The molecule has 2 aromatic carbocycles. The molecule has 2 aromatic rings. The predicted molar refractivity (Wildman–Crippen MR) is 97.8 cm³/mol. The van der Waals surface area contributed by atoms with Crippen LogP contribution >= 0.6 is 0 Å². The van der Waals surface area contributed by atoms with Crippen molar-refractivity contribution in [2.45, 2.75) is 12.5 Å². The number of nitrogens with two attached hydrogens (primary N) is 1. The minimum absolute atomic E-state index is 0.0978. The third-order valence-corrected chi connectivity index (χ3v) is 3.85. The minimum atomic E-state index is -0.939. The lowest BCUT2D eigenvalue weighted by Crippen LogP contribution is -2.32. The molecule has 3 rings (SSSR count). The summed E-state index contributed by atoms with van der Waals surface area (Å²) in [5, 5.41) is 9.56. The summed E-state index contributed by atoms with van der Waals surface area (Å²) in [5.74, 6) is 6.17. The van der Waals surface area contributed by atoms with Crippen LogP contribution in [0.15, 0.2) is 59.6 Å². The predicted octanol–water partition coefficient (Wildman–Crippen LogP) is 2.20. The van der Waals surface area contributed by atoms with Gasteiger partial charge in [0, 0.05) is 11.1 Å². The molecule has 2 amide bonds. The second-order valence-electron chi connectivity index (χ2n) is 5.87. The minimum Gasteiger partial charge on any atom is -0.475 e. The van der Waals surface area contributed by atoms with Gasteiger partial charge in [0.2, 0.25) is 5.90 Å². The number of carbonyl (C=O) groups is 1. The molecule has 0 bridgehead atoms. The highest BCUT2D eigenvalue weighted by Crippen LogP contribution is 2.16. The van der Waals surface area contributed by atoms with E-state index in [4.69, 9.17) is 10.5 Å². The number of carbonyl (C=O) groups excluding carboxylic acids is 1. The summed E-state index contributed by atoms with van der Waals surface area (Å²) in [6.07, 6.45) is 0.837. The SMILES string of the molecule is NC(=O)N(O)CC#Cc1cccc(C2=N[C@@H](Cc3ccccc3)CO2)c1. The molecule has 132 valence electrons. The molecular formula is C20H19N3O3. The van der Waals surface area contributed by atoms with Gasteiger partial charge in [0.25, 0.3) is 0 Å². The summed E-state index contributed by atoms with van der Waals surface area (Å²) in [5.41, 5.74) is 7.74. The Balaban J connectivity index is 1.67. The number of aliphatic imine (C=N–C) groups is 1. The fourth-order valence-corrected chi connectivity index (χ4v) is 2.59. The molecule has 1 heterocycles. The summed E-state index contributed by atoms with van der Waals surface area (Å²) < 4.78 is 5.75. The second kappa shape index (κ2) is 8.19. The number of benzene rings is 2. The molecule has 0 aromatic heterocycles. The van der Waals surface area contributed by atoms with E-state index in [1.54, 1.807) is 0 Å². The van der Waals surface area contributed by atoms with E-state index in [0.717, 1.165) is 17.5 Å². The van der Waals surface area contributed by atoms with Crippen molar-refractivity contribution >= 4 is 11.9 Å². The van der Waals surface area contributed by atoms with E-state index in [1.165, 1.54) is 5.56 Å². The lowest BCUT2D eigenvalue weighted by atomic mass is 10.1. The third kappa shape index (κ3) is 4.62. The van der Waals surface area contributed by atoms with Crippen molar-refractivity contribution in [2.24, 2.45) is 10.7 Å². The topological polar surface area (TPSA) is 88.2 Å². The molecule has 1 aliphatic heterocycles. The van der Waals surface area contributed by atoms with E-state index >= 15 is 0 Å². The van der Waals surface area contributed by atoms with E-state index < -0.39 is 6.03 Å². The number of hydrogen-bond acceptors (Lipinski definition) is 4. The van der Waals surface area contributed by atoms with E-state index in [9.17, 15) is 10.0 Å². The zero-order valence-corrected chi connectivity index (χ0v) is 14.1. The highest BCUT2D eigenvalue weighted by atomic mass is 16.5. The van der Waals surface area contributed by atoms with Crippen LogP contribution in [-0.2, 0) is 11.2 Å². The number of amides is 2. The van der Waals surface area contributed by atoms with Crippen molar-refractivity contribution in [3.8, 4) is 11.8 Å². The quantitative estimate of drug-likeness (QED) is 0.504. The van der Waals surface area contributed by atoms with Crippen LogP contribution in [0, 0.1) is 11.8 Å². The van der Waals surface area contributed by atoms with E-state index in [-0.39, 0.29) is 12.6 Å². The number of hydrogen-bond donors (Lipinski definition) is 2. The first-order chi connectivity index (χ1) is 12.6. The Labute approximate surface area is 151 Å². The third-order valence-electron chi connectivity index (χ3n) is 3.85. The van der Waals surface area contributed by atoms with Crippen molar-refractivity contribution in [3.63, 3.8) is 0 Å². The maximum Gasteiger partial charge on any atom is 0.339 e. The van der Waals surface area contributed by atoms with Crippen LogP contribution in [0.25, 0.3) is 0 Å². The fourth-order valence-electron chi connectivity index (χ4n) is 2.59. The van der Waals surface area contributed by atoms with Gasteiger partial charge in [-0.1, -0.05) is 48.2 Å². The molecule has 26 heavy (non-hydrogen) atoms. The Morgan fingerprint density at radius 3 is 2.85 bits per heavy atom. The molecule has 0 radical (unpaired) electrons. The van der Waals surface area contributed by atoms with Gasteiger partial charge in [0.15, 0.2) is 0 Å². The number of hydroxylamine groups is 2. The Morgan fingerprint density at radius 1 is 1.27 bits per heavy atom. The van der Waals surface area contributed by atoms with Crippen LogP contribution in [0.5, 0.6) is 0 Å². The summed E-state index contributed by atoms with van der Waals surface area (Å²) in [7, 11) is 0. The monoisotopic (exact) mass is 349 g/mol. The van der Waals surface area contributed by atoms with Crippen molar-refractivity contribution in [1.82, 2.24) is 5.06 Å². The normalized spacial score (nSPS) is 15.4. The van der Waals surface area contributed by atoms with Crippen molar-refractivity contribution in [2.75, 3.05) is 13.2 Å². The van der Waals surface area contributed by atoms with Crippen LogP contribution in [0.2, 0.25) is 0 Å². The first kappa shape index (κ1) is 17.5. The summed E-state index contributed by atoms with van der Waals surface area (Å²) >= 11 is 0. The van der Waals surface area contributed by atoms with Crippen molar-refractivity contribution in [1.29, 1.82) is 0 Å². The smallest absolute Gasteiger partial charge is 0.339 e. The van der Waals surface area contributed by atoms with Crippen molar-refractivity contribution in [3.05, 3.63) is 71.3 Å². The number of rotatable bonds is 4. The highest BCUT2D eigenvalue weighted by molar-refractivity contribution is 5.95. The standard InChI is InChI=1S/C20H19N3O3/c21-20(24)23(25)11-5-9-15-8-4-10-17(12-15)19-22-18(14-26-19)13-16-6-2-1-3-7-16/h1-4,6-8,10,12,18,25H,11,13-14H2,(H2,21,24)/t18-/m0/s1. The van der Waals surface area contributed by atoms with Gasteiger partial charge in [-0.05, 0) is 30.2 Å². The number of primary amides is 1. The molecule has 0 saturated carbocycles. The van der Waals surface area contributed by atoms with Gasteiger partial charge in [-0.2, -0.15) is 5.06 Å². The fraction of sp³-hybridized carbons (Fsp3) is 0.200. The van der Waals surface area contributed by atoms with Crippen LogP contribution in [0.4, 0.5) is 4.79 Å². The van der Waals surface area contributed by atoms with Gasteiger partial charge in [-0.15, -0.1) is 0 Å². The maximum atomic E-state index is 10.7. The lowest BCUT2D eigenvalue weighted by molar-refractivity contribution is -0.0269. The molecular weight excluding hydrogens is 330 g/mol. The first-order valence-electron chi connectivity index (χ1n) is 8.21. The summed E-state index contributed by atoms with van der Waals surface area (Å²) in [6, 6.07) is 16.8. The molecule has 3 N–H and O–H groups in total. The van der Waals surface area contributed by atoms with Gasteiger partial charge < -0.3 is 10.5 Å². The molecule has 0 spiro atoms. The Hall–Kier alpha value is -3.30. The van der Waals surface area contributed by atoms with Crippen LogP contribution in [0.1, 0.15) is 16.7 Å². The highest BCUT2D eigenvalue weighted by Gasteiger charge is 2.20. The molecule has 1 atom stereocenters. The summed E-state index contributed by atoms with van der Waals surface area (Å²) in [4.78, 5) is 15.4. The number of nitrogens with zero attached hydrogens (tertiary/aromatic N) is 2. The van der Waals surface area contributed by atoms with Crippen LogP contribution in [-0.4, -0.2) is 41.4 Å². The maximum absolute atomic E-state index is 10.7. The van der Waals surface area contributed by atoms with Gasteiger partial charge in [0.1, 0.15) is 13.2 Å². The van der Waals surface area contributed by atoms with Crippen LogP contribution in [0.3, 0.4) is 0 Å². The summed E-state index contributed by atoms with van der Waals surface area (Å²) in [6.45, 7) is 0.397. The van der Waals surface area contributed by atoms with Crippen LogP contribution < -0.4 is 5.73 Å². The van der Waals surface area contributed by atoms with Gasteiger partial charge in [-0.3, -0.25) is 5.21 Å². The Morgan fingerprint density at radius 2 is 2.08 bits per heavy atom. The average molecular weight is 349 g/mol. The Kier molecular flexibility index (Phi) is 5.52. The number of urea groups is 1. The molecule has 1 aliphatic rings. The molecule has 6 heteroatoms. The zero-order chi connectivity index (χ0) is 18.4.